The van der Waals surface area contributed by atoms with Crippen molar-refractivity contribution in [3.8, 4) is 17.1 Å². The van der Waals surface area contributed by atoms with Gasteiger partial charge in [0.25, 0.3) is 11.6 Å². The number of nitrogens with zero attached hydrogens (tertiary/aromatic N) is 2. The number of rotatable bonds is 3. The number of halogens is 1. The molecule has 0 bridgehead atoms. The van der Waals surface area contributed by atoms with E-state index >= 15 is 0 Å². The average Bonchev–Trinajstić information content (AvgIpc) is 2.49. The quantitative estimate of drug-likeness (QED) is 0.755. The van der Waals surface area contributed by atoms with Crippen molar-refractivity contribution >= 4 is 22.5 Å². The fourth-order valence-corrected chi connectivity index (χ4v) is 2.42. The molecule has 6 heteroatoms. The molecule has 0 aliphatic carbocycles. The number of hydrogen-bond donors (Lipinski definition) is 1. The Morgan fingerprint density at radius 3 is 2.76 bits per heavy atom. The molecule has 0 amide bonds. The highest BCUT2D eigenvalue weighted by Gasteiger charge is 2.15. The number of aromatic amines is 1. The van der Waals surface area contributed by atoms with Gasteiger partial charge >= 0.3 is 0 Å². The Morgan fingerprint density at radius 1 is 1.29 bits per heavy atom. The van der Waals surface area contributed by atoms with E-state index in [4.69, 9.17) is 16.3 Å². The van der Waals surface area contributed by atoms with Gasteiger partial charge in [-0.25, -0.2) is 4.98 Å². The van der Waals surface area contributed by atoms with Gasteiger partial charge < -0.3 is 4.74 Å². The molecule has 3 rings (SSSR count). The molecular formula is C15H12ClN3O2. The van der Waals surface area contributed by atoms with E-state index in [9.17, 15) is 4.79 Å². The van der Waals surface area contributed by atoms with Crippen LogP contribution in [0, 0.1) is 0 Å². The van der Waals surface area contributed by atoms with Gasteiger partial charge in [0.2, 0.25) is 0 Å². The highest BCUT2D eigenvalue weighted by Crippen LogP contribution is 2.31. The third-order valence-corrected chi connectivity index (χ3v) is 3.31. The number of hydrogen-bond acceptors (Lipinski definition) is 4. The monoisotopic (exact) mass is 301 g/mol. The minimum absolute atomic E-state index is 0.179. The largest absolute Gasteiger partial charge is 0.465 e. The molecule has 3 aromatic rings. The van der Waals surface area contributed by atoms with Gasteiger partial charge in [-0.05, 0) is 12.5 Å². The second-order valence-corrected chi connectivity index (χ2v) is 4.71. The van der Waals surface area contributed by atoms with Crippen molar-refractivity contribution in [2.45, 2.75) is 6.92 Å². The number of H-pyrrole nitrogens is 1. The van der Waals surface area contributed by atoms with E-state index in [0.29, 0.717) is 23.1 Å². The number of nitrogens with one attached hydrogen (secondary N) is 1. The third kappa shape index (κ3) is 2.48. The highest BCUT2D eigenvalue weighted by atomic mass is 35.5. The topological polar surface area (TPSA) is 67.9 Å². The molecule has 0 unspecified atom stereocenters. The first-order valence-electron chi connectivity index (χ1n) is 6.47. The first kappa shape index (κ1) is 13.6. The van der Waals surface area contributed by atoms with E-state index < -0.39 is 0 Å². The Balaban J connectivity index is 2.34. The van der Waals surface area contributed by atoms with Crippen LogP contribution in [0.5, 0.6) is 6.01 Å². The molecule has 2 heterocycles. The van der Waals surface area contributed by atoms with Crippen LogP contribution in [-0.2, 0) is 0 Å². The maximum Gasteiger partial charge on any atom is 0.297 e. The van der Waals surface area contributed by atoms with Gasteiger partial charge in [0.05, 0.1) is 18.2 Å². The van der Waals surface area contributed by atoms with Crippen molar-refractivity contribution in [1.82, 2.24) is 15.0 Å². The standard InChI is InChI=1S/C15H12ClN3O2/c1-2-21-15-18-10-8-17-13(16)11(12(10)14(20)19-15)9-6-4-3-5-7-9/h3-8H,2H2,1H3,(H,18,19,20). The zero-order valence-electron chi connectivity index (χ0n) is 11.3. The van der Waals surface area contributed by atoms with Crippen molar-refractivity contribution in [3.05, 3.63) is 52.0 Å². The van der Waals surface area contributed by atoms with Crippen LogP contribution >= 0.6 is 11.6 Å². The van der Waals surface area contributed by atoms with E-state index in [-0.39, 0.29) is 16.7 Å². The molecule has 0 aliphatic rings. The van der Waals surface area contributed by atoms with Crippen LogP contribution in [0.3, 0.4) is 0 Å². The summed E-state index contributed by atoms with van der Waals surface area (Å²) in [4.78, 5) is 23.3. The van der Waals surface area contributed by atoms with E-state index in [1.807, 2.05) is 37.3 Å². The van der Waals surface area contributed by atoms with Crippen molar-refractivity contribution in [2.75, 3.05) is 6.61 Å². The predicted molar refractivity (Wildman–Crippen MR) is 81.8 cm³/mol. The Kier molecular flexibility index (Phi) is 3.58. The van der Waals surface area contributed by atoms with Crippen LogP contribution in [0.1, 0.15) is 6.92 Å². The summed E-state index contributed by atoms with van der Waals surface area (Å²) in [5.74, 6) is 0. The van der Waals surface area contributed by atoms with Crippen LogP contribution in [-0.4, -0.2) is 21.6 Å². The Bertz CT molecular complexity index is 847. The van der Waals surface area contributed by atoms with Crippen LogP contribution in [0.2, 0.25) is 5.15 Å². The summed E-state index contributed by atoms with van der Waals surface area (Å²) in [6.07, 6.45) is 1.47. The SMILES string of the molecule is CCOc1nc2cnc(Cl)c(-c3ccccc3)c2c(=O)[nH]1. The first-order valence-corrected chi connectivity index (χ1v) is 6.85. The van der Waals surface area contributed by atoms with Crippen molar-refractivity contribution in [1.29, 1.82) is 0 Å². The van der Waals surface area contributed by atoms with Gasteiger partial charge in [-0.1, -0.05) is 41.9 Å². The molecule has 0 aliphatic heterocycles. The number of aromatic nitrogens is 3. The molecule has 21 heavy (non-hydrogen) atoms. The molecule has 0 atom stereocenters. The van der Waals surface area contributed by atoms with Gasteiger partial charge in [0, 0.05) is 5.56 Å². The van der Waals surface area contributed by atoms with Gasteiger partial charge in [0.15, 0.2) is 0 Å². The summed E-state index contributed by atoms with van der Waals surface area (Å²) in [6.45, 7) is 2.24. The normalized spacial score (nSPS) is 10.8. The zero-order valence-corrected chi connectivity index (χ0v) is 12.0. The minimum Gasteiger partial charge on any atom is -0.465 e. The lowest BCUT2D eigenvalue weighted by molar-refractivity contribution is 0.313. The molecule has 5 nitrogen and oxygen atoms in total. The van der Waals surface area contributed by atoms with Gasteiger partial charge in [-0.3, -0.25) is 9.78 Å². The fraction of sp³-hybridized carbons (Fsp3) is 0.133. The highest BCUT2D eigenvalue weighted by molar-refractivity contribution is 6.33. The van der Waals surface area contributed by atoms with Crippen LogP contribution in [0.15, 0.2) is 41.3 Å². The van der Waals surface area contributed by atoms with Gasteiger partial charge in [-0.15, -0.1) is 0 Å². The number of fused-ring (bicyclic) bond motifs is 1. The number of pyridine rings is 1. The molecule has 2 aromatic heterocycles. The maximum absolute atomic E-state index is 12.4. The van der Waals surface area contributed by atoms with Gasteiger partial charge in [-0.2, -0.15) is 4.98 Å². The Morgan fingerprint density at radius 2 is 2.05 bits per heavy atom. The maximum atomic E-state index is 12.4. The average molecular weight is 302 g/mol. The summed E-state index contributed by atoms with van der Waals surface area (Å²) >= 11 is 6.19. The van der Waals surface area contributed by atoms with E-state index in [0.717, 1.165) is 5.56 Å². The first-order chi connectivity index (χ1) is 10.2. The van der Waals surface area contributed by atoms with Crippen molar-refractivity contribution in [2.24, 2.45) is 0 Å². The summed E-state index contributed by atoms with van der Waals surface area (Å²) in [5.41, 5.74) is 1.54. The molecule has 106 valence electrons. The lowest BCUT2D eigenvalue weighted by Crippen LogP contribution is -2.12. The van der Waals surface area contributed by atoms with Crippen molar-refractivity contribution in [3.63, 3.8) is 0 Å². The van der Waals surface area contributed by atoms with Crippen LogP contribution in [0.25, 0.3) is 22.0 Å². The van der Waals surface area contributed by atoms with E-state index in [2.05, 4.69) is 15.0 Å². The second-order valence-electron chi connectivity index (χ2n) is 4.35. The van der Waals surface area contributed by atoms with Crippen LogP contribution < -0.4 is 10.3 Å². The Hall–Kier alpha value is -2.40. The summed E-state index contributed by atoms with van der Waals surface area (Å²) in [6, 6.07) is 9.57. The molecule has 0 fully saturated rings. The van der Waals surface area contributed by atoms with Crippen molar-refractivity contribution < 1.29 is 4.74 Å². The minimum atomic E-state index is -0.299. The number of ether oxygens (including phenoxy) is 1. The molecule has 0 saturated carbocycles. The summed E-state index contributed by atoms with van der Waals surface area (Å²) in [7, 11) is 0. The molecular weight excluding hydrogens is 290 g/mol. The Labute approximate surface area is 125 Å². The summed E-state index contributed by atoms with van der Waals surface area (Å²) < 4.78 is 5.24. The second kappa shape index (κ2) is 5.54. The fourth-order valence-electron chi connectivity index (χ4n) is 2.16. The number of benzene rings is 1. The lowest BCUT2D eigenvalue weighted by atomic mass is 10.0. The third-order valence-electron chi connectivity index (χ3n) is 3.03. The van der Waals surface area contributed by atoms with Gasteiger partial charge in [0.1, 0.15) is 10.7 Å². The molecule has 0 spiro atoms. The van der Waals surface area contributed by atoms with E-state index in [1.54, 1.807) is 0 Å². The lowest BCUT2D eigenvalue weighted by Gasteiger charge is -2.08. The summed E-state index contributed by atoms with van der Waals surface area (Å²) in [5, 5.41) is 0.676. The zero-order chi connectivity index (χ0) is 14.8. The molecule has 1 N–H and O–H groups in total. The molecule has 1 aromatic carbocycles. The van der Waals surface area contributed by atoms with Crippen LogP contribution in [0.4, 0.5) is 0 Å². The van der Waals surface area contributed by atoms with E-state index in [1.165, 1.54) is 6.20 Å². The predicted octanol–water partition coefficient (Wildman–Crippen LogP) is 3.04. The smallest absolute Gasteiger partial charge is 0.297 e. The molecule has 0 radical (unpaired) electrons. The molecule has 0 saturated heterocycles.